The highest BCUT2D eigenvalue weighted by molar-refractivity contribution is 6.39. The Morgan fingerprint density at radius 1 is 0.737 bits per heavy atom. The molecule has 3 rings (SSSR count). The zero-order valence-electron chi connectivity index (χ0n) is 21.4. The lowest BCUT2D eigenvalue weighted by Crippen LogP contribution is -2.32. The molecule has 0 spiro atoms. The first-order chi connectivity index (χ1) is 18.4. The molecule has 3 aromatic rings. The molecule has 0 aliphatic rings. The van der Waals surface area contributed by atoms with Gasteiger partial charge in [-0.15, -0.1) is 0 Å². The zero-order chi connectivity index (χ0) is 27.3. The highest BCUT2D eigenvalue weighted by Gasteiger charge is 2.15. The number of carbonyl (C=O) groups is 3. The Kier molecular flexibility index (Phi) is 10.2. The summed E-state index contributed by atoms with van der Waals surface area (Å²) in [7, 11) is 0. The minimum atomic E-state index is -0.943. The molecule has 0 saturated heterocycles. The third-order valence-electron chi connectivity index (χ3n) is 4.88. The maximum absolute atomic E-state index is 12.6. The molecule has 0 radical (unpaired) electrons. The maximum atomic E-state index is 12.6. The Bertz CT molecular complexity index is 1270. The summed E-state index contributed by atoms with van der Waals surface area (Å²) < 4.78 is 21.8. The molecule has 10 heteroatoms. The average Bonchev–Trinajstić information content (AvgIpc) is 2.92. The van der Waals surface area contributed by atoms with E-state index in [9.17, 15) is 14.4 Å². The van der Waals surface area contributed by atoms with E-state index in [4.69, 9.17) is 18.9 Å². The number of anilines is 1. The summed E-state index contributed by atoms with van der Waals surface area (Å²) in [6, 6.07) is 18.0. The summed E-state index contributed by atoms with van der Waals surface area (Å²) >= 11 is 0. The van der Waals surface area contributed by atoms with E-state index in [1.165, 1.54) is 6.21 Å². The molecule has 0 aromatic heterocycles. The normalized spacial score (nSPS) is 10.5. The number of nitrogens with one attached hydrogen (secondary N) is 2. The molecule has 0 bridgehead atoms. The van der Waals surface area contributed by atoms with Gasteiger partial charge in [0.05, 0.1) is 31.6 Å². The summed E-state index contributed by atoms with van der Waals surface area (Å²) in [5.74, 6) is -0.525. The van der Waals surface area contributed by atoms with Crippen molar-refractivity contribution < 1.29 is 33.3 Å². The molecular weight excluding hydrogens is 490 g/mol. The van der Waals surface area contributed by atoms with E-state index >= 15 is 0 Å². The zero-order valence-corrected chi connectivity index (χ0v) is 21.4. The van der Waals surface area contributed by atoms with Crippen LogP contribution >= 0.6 is 0 Å². The van der Waals surface area contributed by atoms with Crippen molar-refractivity contribution in [1.82, 2.24) is 5.43 Å². The maximum Gasteiger partial charge on any atom is 0.343 e. The van der Waals surface area contributed by atoms with Crippen molar-refractivity contribution in [3.63, 3.8) is 0 Å². The van der Waals surface area contributed by atoms with Crippen LogP contribution in [0.5, 0.6) is 23.0 Å². The summed E-state index contributed by atoms with van der Waals surface area (Å²) in [5, 5.41) is 6.30. The van der Waals surface area contributed by atoms with Crippen molar-refractivity contribution in [2.75, 3.05) is 25.1 Å². The van der Waals surface area contributed by atoms with Gasteiger partial charge >= 0.3 is 17.8 Å². The van der Waals surface area contributed by atoms with Crippen LogP contribution in [0.1, 0.15) is 36.7 Å². The molecular formula is C28H29N3O7. The van der Waals surface area contributed by atoms with Crippen LogP contribution in [0.15, 0.2) is 71.8 Å². The second-order valence-corrected chi connectivity index (χ2v) is 7.60. The topological polar surface area (TPSA) is 125 Å². The van der Waals surface area contributed by atoms with Gasteiger partial charge in [0.1, 0.15) is 11.5 Å². The molecule has 38 heavy (non-hydrogen) atoms. The van der Waals surface area contributed by atoms with Gasteiger partial charge in [-0.1, -0.05) is 0 Å². The van der Waals surface area contributed by atoms with E-state index in [1.807, 2.05) is 13.8 Å². The van der Waals surface area contributed by atoms with Crippen molar-refractivity contribution in [2.24, 2.45) is 5.10 Å². The Morgan fingerprint density at radius 3 is 1.95 bits per heavy atom. The van der Waals surface area contributed by atoms with Crippen LogP contribution in [0.3, 0.4) is 0 Å². The second kappa shape index (κ2) is 14.0. The molecule has 0 saturated carbocycles. The van der Waals surface area contributed by atoms with E-state index in [1.54, 1.807) is 73.7 Å². The largest absolute Gasteiger partial charge is 0.494 e. The van der Waals surface area contributed by atoms with Crippen LogP contribution in [-0.2, 0) is 9.59 Å². The van der Waals surface area contributed by atoms with Gasteiger partial charge in [-0.3, -0.25) is 9.59 Å². The van der Waals surface area contributed by atoms with Gasteiger partial charge in [0, 0.05) is 5.69 Å². The van der Waals surface area contributed by atoms with Crippen LogP contribution in [0.2, 0.25) is 0 Å². The summed E-state index contributed by atoms with van der Waals surface area (Å²) in [6.45, 7) is 6.92. The van der Waals surface area contributed by atoms with E-state index in [0.29, 0.717) is 53.9 Å². The number of esters is 1. The number of ether oxygens (including phenoxy) is 4. The molecule has 0 atom stereocenters. The molecule has 198 valence electrons. The van der Waals surface area contributed by atoms with Crippen molar-refractivity contribution in [2.45, 2.75) is 20.8 Å². The van der Waals surface area contributed by atoms with Crippen LogP contribution in [0.4, 0.5) is 5.69 Å². The van der Waals surface area contributed by atoms with Gasteiger partial charge in [0.25, 0.3) is 0 Å². The van der Waals surface area contributed by atoms with Gasteiger partial charge in [0.2, 0.25) is 0 Å². The molecule has 2 N–H and O–H groups in total. The Labute approximate surface area is 220 Å². The summed E-state index contributed by atoms with van der Waals surface area (Å²) in [6.07, 6.45) is 1.34. The lowest BCUT2D eigenvalue weighted by Gasteiger charge is -2.11. The van der Waals surface area contributed by atoms with E-state index in [2.05, 4.69) is 15.8 Å². The predicted molar refractivity (Wildman–Crippen MR) is 142 cm³/mol. The lowest BCUT2D eigenvalue weighted by atomic mass is 10.2. The first-order valence-corrected chi connectivity index (χ1v) is 12.0. The number of hydrogen-bond donors (Lipinski definition) is 2. The Hall–Kier alpha value is -4.86. The number of benzene rings is 3. The van der Waals surface area contributed by atoms with Gasteiger partial charge in [0.15, 0.2) is 11.5 Å². The van der Waals surface area contributed by atoms with Crippen molar-refractivity contribution in [3.8, 4) is 23.0 Å². The molecule has 0 unspecified atom stereocenters. The van der Waals surface area contributed by atoms with Crippen LogP contribution in [0, 0.1) is 0 Å². The first-order valence-electron chi connectivity index (χ1n) is 12.0. The minimum absolute atomic E-state index is 0.224. The highest BCUT2D eigenvalue weighted by Crippen LogP contribution is 2.29. The second-order valence-electron chi connectivity index (χ2n) is 7.60. The molecule has 10 nitrogen and oxygen atoms in total. The van der Waals surface area contributed by atoms with Gasteiger partial charge in [-0.25, -0.2) is 10.2 Å². The molecule has 3 aromatic carbocycles. The average molecular weight is 520 g/mol. The Balaban J connectivity index is 1.59. The lowest BCUT2D eigenvalue weighted by molar-refractivity contribution is -0.136. The summed E-state index contributed by atoms with van der Waals surface area (Å²) in [4.78, 5) is 36.8. The highest BCUT2D eigenvalue weighted by atomic mass is 16.6. The van der Waals surface area contributed by atoms with Crippen LogP contribution in [-0.4, -0.2) is 43.8 Å². The van der Waals surface area contributed by atoms with Crippen molar-refractivity contribution in [1.29, 1.82) is 0 Å². The van der Waals surface area contributed by atoms with Gasteiger partial charge in [-0.05, 0) is 93.1 Å². The number of amides is 2. The minimum Gasteiger partial charge on any atom is -0.494 e. The fourth-order valence-corrected chi connectivity index (χ4v) is 3.18. The van der Waals surface area contributed by atoms with Crippen LogP contribution < -0.4 is 29.7 Å². The SMILES string of the molecule is CCOc1ccc(NC(=O)C(=O)N/N=C\c2ccc(OC(=O)c3ccc(OCC)cc3)c(OCC)c2)cc1. The van der Waals surface area contributed by atoms with Gasteiger partial charge < -0.3 is 24.3 Å². The standard InChI is InChI=1S/C28H29N3O7/c1-4-35-22-12-8-20(9-13-22)28(34)38-24-16-7-19(17-25(24)37-6-3)18-29-31-27(33)26(32)30-21-10-14-23(15-11-21)36-5-2/h7-18H,4-6H2,1-3H3,(H,30,32)(H,31,33)/b29-18-. The molecule has 0 heterocycles. The van der Waals surface area contributed by atoms with Crippen molar-refractivity contribution >= 4 is 29.7 Å². The number of rotatable bonds is 11. The fourth-order valence-electron chi connectivity index (χ4n) is 3.18. The monoisotopic (exact) mass is 519 g/mol. The predicted octanol–water partition coefficient (Wildman–Crippen LogP) is 4.19. The fraction of sp³-hybridized carbons (Fsp3) is 0.214. The quantitative estimate of drug-likeness (QED) is 0.128. The van der Waals surface area contributed by atoms with E-state index < -0.39 is 17.8 Å². The molecule has 0 aliphatic carbocycles. The number of hydrogen-bond acceptors (Lipinski definition) is 8. The molecule has 2 amide bonds. The third kappa shape index (κ3) is 8.09. The smallest absolute Gasteiger partial charge is 0.343 e. The van der Waals surface area contributed by atoms with E-state index in [0.717, 1.165) is 0 Å². The Morgan fingerprint density at radius 2 is 1.34 bits per heavy atom. The van der Waals surface area contributed by atoms with Crippen LogP contribution in [0.25, 0.3) is 0 Å². The number of nitrogens with zero attached hydrogens (tertiary/aromatic N) is 1. The first kappa shape index (κ1) is 27.7. The van der Waals surface area contributed by atoms with E-state index in [-0.39, 0.29) is 5.75 Å². The van der Waals surface area contributed by atoms with Gasteiger partial charge in [-0.2, -0.15) is 5.10 Å². The summed E-state index contributed by atoms with van der Waals surface area (Å²) in [5.41, 5.74) is 3.51. The van der Waals surface area contributed by atoms with Crippen molar-refractivity contribution in [3.05, 3.63) is 77.9 Å². The number of hydrazone groups is 1. The number of carbonyl (C=O) groups excluding carboxylic acids is 3. The molecule has 0 fully saturated rings. The molecule has 0 aliphatic heterocycles. The third-order valence-corrected chi connectivity index (χ3v) is 4.88.